The van der Waals surface area contributed by atoms with Gasteiger partial charge in [0.1, 0.15) is 11.6 Å². The molecule has 2 aromatic rings. The second-order valence-corrected chi connectivity index (χ2v) is 5.08. The van der Waals surface area contributed by atoms with Crippen molar-refractivity contribution in [1.82, 2.24) is 15.0 Å². The van der Waals surface area contributed by atoms with E-state index in [9.17, 15) is 13.2 Å². The summed E-state index contributed by atoms with van der Waals surface area (Å²) in [5.41, 5.74) is -0.371. The van der Waals surface area contributed by atoms with Gasteiger partial charge >= 0.3 is 6.18 Å². The van der Waals surface area contributed by atoms with Crippen molar-refractivity contribution >= 4 is 5.82 Å². The van der Waals surface area contributed by atoms with Crippen LogP contribution < -0.4 is 4.90 Å². The minimum absolute atomic E-state index is 0.181. The molecule has 0 aromatic carbocycles. The molecule has 3 rings (SSSR count). The van der Waals surface area contributed by atoms with E-state index >= 15 is 0 Å². The molecular formula is C14H15F3N4. The quantitative estimate of drug-likeness (QED) is 0.922. The van der Waals surface area contributed by atoms with Gasteiger partial charge in [-0.3, -0.25) is 0 Å². The summed E-state index contributed by atoms with van der Waals surface area (Å²) >= 11 is 0. The SMILES string of the molecule is FC(F)(F)c1c[nH]c(-c2ccc(N3CCCCC3)nc2)n1. The fourth-order valence-electron chi connectivity index (χ4n) is 2.45. The summed E-state index contributed by atoms with van der Waals surface area (Å²) < 4.78 is 37.6. The van der Waals surface area contributed by atoms with Crippen molar-refractivity contribution in [2.24, 2.45) is 0 Å². The first kappa shape index (κ1) is 13.9. The zero-order chi connectivity index (χ0) is 14.9. The number of pyridine rings is 1. The van der Waals surface area contributed by atoms with E-state index in [1.807, 2.05) is 6.07 Å². The minimum atomic E-state index is -4.43. The Morgan fingerprint density at radius 3 is 2.43 bits per heavy atom. The van der Waals surface area contributed by atoms with Crippen molar-refractivity contribution in [2.45, 2.75) is 25.4 Å². The second-order valence-electron chi connectivity index (χ2n) is 5.08. The van der Waals surface area contributed by atoms with Crippen molar-refractivity contribution in [2.75, 3.05) is 18.0 Å². The van der Waals surface area contributed by atoms with Crippen molar-refractivity contribution in [3.63, 3.8) is 0 Å². The predicted octanol–water partition coefficient (Wildman–Crippen LogP) is 3.48. The van der Waals surface area contributed by atoms with Gasteiger partial charge in [-0.1, -0.05) is 0 Å². The number of nitrogens with one attached hydrogen (secondary N) is 1. The van der Waals surface area contributed by atoms with Gasteiger partial charge in [0.05, 0.1) is 0 Å². The van der Waals surface area contributed by atoms with Crippen LogP contribution in [0.4, 0.5) is 19.0 Å². The van der Waals surface area contributed by atoms with E-state index in [-0.39, 0.29) is 5.82 Å². The first-order valence-corrected chi connectivity index (χ1v) is 6.88. The highest BCUT2D eigenvalue weighted by Gasteiger charge is 2.33. The fourth-order valence-corrected chi connectivity index (χ4v) is 2.45. The molecule has 112 valence electrons. The molecule has 3 heterocycles. The van der Waals surface area contributed by atoms with Gasteiger partial charge in [0, 0.05) is 31.0 Å². The van der Waals surface area contributed by atoms with Crippen LogP contribution in [0.3, 0.4) is 0 Å². The lowest BCUT2D eigenvalue weighted by Gasteiger charge is -2.27. The molecule has 0 spiro atoms. The van der Waals surface area contributed by atoms with Crippen molar-refractivity contribution in [3.8, 4) is 11.4 Å². The zero-order valence-electron chi connectivity index (χ0n) is 11.3. The summed E-state index contributed by atoms with van der Waals surface area (Å²) in [6.07, 6.45) is 1.53. The van der Waals surface area contributed by atoms with Crippen LogP contribution in [0.2, 0.25) is 0 Å². The lowest BCUT2D eigenvalue weighted by atomic mass is 10.1. The molecule has 0 unspecified atom stereocenters. The molecule has 2 aromatic heterocycles. The fraction of sp³-hybridized carbons (Fsp3) is 0.429. The summed E-state index contributed by atoms with van der Waals surface area (Å²) in [5, 5.41) is 0. The predicted molar refractivity (Wildman–Crippen MR) is 72.9 cm³/mol. The van der Waals surface area contributed by atoms with Crippen LogP contribution in [-0.2, 0) is 6.18 Å². The molecule has 1 saturated heterocycles. The largest absolute Gasteiger partial charge is 0.434 e. The summed E-state index contributed by atoms with van der Waals surface area (Å²) in [5.74, 6) is 1.04. The summed E-state index contributed by atoms with van der Waals surface area (Å²) in [7, 11) is 0. The maximum absolute atomic E-state index is 12.5. The van der Waals surface area contributed by atoms with Gasteiger partial charge in [-0.05, 0) is 31.4 Å². The smallest absolute Gasteiger partial charge is 0.357 e. The number of hydrogen-bond acceptors (Lipinski definition) is 3. The van der Waals surface area contributed by atoms with Gasteiger partial charge in [0.15, 0.2) is 5.69 Å². The average Bonchev–Trinajstić information content (AvgIpc) is 2.98. The Bertz CT molecular complexity index is 597. The number of aromatic amines is 1. The Balaban J connectivity index is 1.79. The van der Waals surface area contributed by atoms with E-state index in [4.69, 9.17) is 0 Å². The number of aromatic nitrogens is 3. The highest BCUT2D eigenvalue weighted by atomic mass is 19.4. The molecule has 0 saturated carbocycles. The molecule has 7 heteroatoms. The molecule has 0 atom stereocenters. The van der Waals surface area contributed by atoms with Gasteiger partial charge in [-0.2, -0.15) is 13.2 Å². The Kier molecular flexibility index (Phi) is 3.57. The normalized spacial score (nSPS) is 16.2. The van der Waals surface area contributed by atoms with Gasteiger partial charge in [-0.25, -0.2) is 9.97 Å². The third-order valence-electron chi connectivity index (χ3n) is 3.57. The van der Waals surface area contributed by atoms with Gasteiger partial charge < -0.3 is 9.88 Å². The number of piperidine rings is 1. The molecule has 0 radical (unpaired) electrons. The van der Waals surface area contributed by atoms with Gasteiger partial charge in [-0.15, -0.1) is 0 Å². The number of imidazole rings is 1. The van der Waals surface area contributed by atoms with Crippen LogP contribution in [0.1, 0.15) is 25.0 Å². The lowest BCUT2D eigenvalue weighted by molar-refractivity contribution is -0.140. The first-order valence-electron chi connectivity index (χ1n) is 6.88. The van der Waals surface area contributed by atoms with Crippen molar-refractivity contribution in [1.29, 1.82) is 0 Å². The number of anilines is 1. The lowest BCUT2D eigenvalue weighted by Crippen LogP contribution is -2.29. The number of nitrogens with zero attached hydrogens (tertiary/aromatic N) is 3. The Labute approximate surface area is 120 Å². The molecule has 4 nitrogen and oxygen atoms in total. The highest BCUT2D eigenvalue weighted by Crippen LogP contribution is 2.29. The minimum Gasteiger partial charge on any atom is -0.357 e. The number of halogens is 3. The van der Waals surface area contributed by atoms with E-state index in [2.05, 4.69) is 19.9 Å². The van der Waals surface area contributed by atoms with Crippen LogP contribution in [0.5, 0.6) is 0 Å². The van der Waals surface area contributed by atoms with Crippen LogP contribution in [-0.4, -0.2) is 28.0 Å². The third-order valence-corrected chi connectivity index (χ3v) is 3.57. The van der Waals surface area contributed by atoms with Crippen LogP contribution in [0, 0.1) is 0 Å². The van der Waals surface area contributed by atoms with E-state index < -0.39 is 11.9 Å². The van der Waals surface area contributed by atoms with E-state index in [1.54, 1.807) is 12.3 Å². The molecule has 0 amide bonds. The van der Waals surface area contributed by atoms with Crippen LogP contribution in [0.25, 0.3) is 11.4 Å². The van der Waals surface area contributed by atoms with Gasteiger partial charge in [0.2, 0.25) is 0 Å². The molecule has 0 aliphatic carbocycles. The molecule has 0 bridgehead atoms. The summed E-state index contributed by atoms with van der Waals surface area (Å²) in [6, 6.07) is 3.58. The molecule has 1 N–H and O–H groups in total. The standard InChI is InChI=1S/C14H15F3N4/c15-14(16,17)11-9-19-13(20-11)10-4-5-12(18-8-10)21-6-2-1-3-7-21/h4-5,8-9H,1-3,6-7H2,(H,19,20). The van der Waals surface area contributed by atoms with Gasteiger partial charge in [0.25, 0.3) is 0 Å². The maximum Gasteiger partial charge on any atom is 0.434 e. The zero-order valence-corrected chi connectivity index (χ0v) is 11.3. The van der Waals surface area contributed by atoms with Crippen molar-refractivity contribution in [3.05, 3.63) is 30.2 Å². The van der Waals surface area contributed by atoms with Crippen molar-refractivity contribution < 1.29 is 13.2 Å². The average molecular weight is 296 g/mol. The Morgan fingerprint density at radius 2 is 1.86 bits per heavy atom. The number of rotatable bonds is 2. The summed E-state index contributed by atoms with van der Waals surface area (Å²) in [6.45, 7) is 1.96. The Hall–Kier alpha value is -2.05. The number of H-pyrrole nitrogens is 1. The number of alkyl halides is 3. The second kappa shape index (κ2) is 5.38. The first-order chi connectivity index (χ1) is 10.0. The van der Waals surface area contributed by atoms with Crippen LogP contribution >= 0.6 is 0 Å². The maximum atomic E-state index is 12.5. The molecular weight excluding hydrogens is 281 g/mol. The monoisotopic (exact) mass is 296 g/mol. The van der Waals surface area contributed by atoms with E-state index in [0.29, 0.717) is 5.56 Å². The number of hydrogen-bond donors (Lipinski definition) is 1. The highest BCUT2D eigenvalue weighted by molar-refractivity contribution is 5.56. The molecule has 21 heavy (non-hydrogen) atoms. The molecule has 1 aliphatic heterocycles. The third kappa shape index (κ3) is 3.01. The van der Waals surface area contributed by atoms with E-state index in [1.165, 1.54) is 6.42 Å². The van der Waals surface area contributed by atoms with Crippen LogP contribution in [0.15, 0.2) is 24.5 Å². The summed E-state index contributed by atoms with van der Waals surface area (Å²) in [4.78, 5) is 12.6. The van der Waals surface area contributed by atoms with E-state index in [0.717, 1.165) is 37.9 Å². The molecule has 1 aliphatic rings. The topological polar surface area (TPSA) is 44.8 Å². The Morgan fingerprint density at radius 1 is 1.10 bits per heavy atom. The molecule has 1 fully saturated rings.